The summed E-state index contributed by atoms with van der Waals surface area (Å²) in [5.41, 5.74) is -0.681. The molecule has 6 heteroatoms. The molecule has 1 unspecified atom stereocenters. The second-order valence-electron chi connectivity index (χ2n) is 9.44. The second-order valence-corrected chi connectivity index (χ2v) is 9.44. The quantitative estimate of drug-likeness (QED) is 0.730. The first-order valence-corrected chi connectivity index (χ1v) is 10.7. The van der Waals surface area contributed by atoms with Crippen LogP contribution in [0.15, 0.2) is 43.0 Å². The van der Waals surface area contributed by atoms with Crippen molar-refractivity contribution in [1.82, 2.24) is 14.8 Å². The number of aliphatic carboxylic acids is 1. The molecule has 0 amide bonds. The Hall–Kier alpha value is -2.50. The molecule has 29 heavy (non-hydrogen) atoms. The minimum Gasteiger partial charge on any atom is -0.480 e. The van der Waals surface area contributed by atoms with Gasteiger partial charge in [0, 0.05) is 30.7 Å². The molecular weight excluding hydrogens is 366 g/mol. The van der Waals surface area contributed by atoms with Gasteiger partial charge in [0.1, 0.15) is 5.41 Å². The first-order valence-electron chi connectivity index (χ1n) is 10.7. The zero-order valence-electron chi connectivity index (χ0n) is 16.5. The number of rotatable bonds is 7. The molecule has 4 saturated carbocycles. The van der Waals surface area contributed by atoms with Crippen LogP contribution in [-0.4, -0.2) is 31.6 Å². The number of aromatic nitrogens is 3. The number of ketones is 1. The van der Waals surface area contributed by atoms with E-state index >= 15 is 0 Å². The van der Waals surface area contributed by atoms with Crippen molar-refractivity contribution in [1.29, 1.82) is 0 Å². The Morgan fingerprint density at radius 3 is 2.24 bits per heavy atom. The third-order valence-corrected chi connectivity index (χ3v) is 7.66. The highest BCUT2D eigenvalue weighted by Gasteiger charge is 2.57. The summed E-state index contributed by atoms with van der Waals surface area (Å²) in [6.45, 7) is 0.0687. The fraction of sp³-hybridized carbons (Fsp3) is 0.565. The summed E-state index contributed by atoms with van der Waals surface area (Å²) in [6, 6.07) is 5.39. The first kappa shape index (κ1) is 18.5. The number of hydrogen-bond acceptors (Lipinski definition) is 4. The Balaban J connectivity index is 1.53. The average molecular weight is 393 g/mol. The molecule has 4 fully saturated rings. The van der Waals surface area contributed by atoms with Gasteiger partial charge in [-0.05, 0) is 86.0 Å². The van der Waals surface area contributed by atoms with Crippen molar-refractivity contribution in [2.24, 2.45) is 35.0 Å². The van der Waals surface area contributed by atoms with E-state index in [9.17, 15) is 14.7 Å². The molecule has 4 bridgehead atoms. The summed E-state index contributed by atoms with van der Waals surface area (Å²) >= 11 is 0. The smallest absolute Gasteiger partial charge is 0.319 e. The summed E-state index contributed by atoms with van der Waals surface area (Å²) in [7, 11) is 0. The van der Waals surface area contributed by atoms with Gasteiger partial charge >= 0.3 is 5.97 Å². The minimum absolute atomic E-state index is 0.0687. The number of Topliss-reactive ketones (excluding diaryl/α,β-unsaturated/α-hetero) is 1. The van der Waals surface area contributed by atoms with Gasteiger partial charge in [0.15, 0.2) is 5.78 Å². The number of pyridine rings is 1. The Morgan fingerprint density at radius 2 is 1.69 bits per heavy atom. The van der Waals surface area contributed by atoms with Gasteiger partial charge in [-0.3, -0.25) is 19.3 Å². The van der Waals surface area contributed by atoms with E-state index in [0.29, 0.717) is 11.8 Å². The Labute approximate surface area is 170 Å². The molecule has 2 aromatic rings. The van der Waals surface area contributed by atoms with Crippen LogP contribution in [0, 0.1) is 35.0 Å². The molecule has 0 aliphatic heterocycles. The highest BCUT2D eigenvalue weighted by Crippen LogP contribution is 2.58. The molecule has 0 saturated heterocycles. The van der Waals surface area contributed by atoms with E-state index in [0.717, 1.165) is 43.1 Å². The molecule has 2 heterocycles. The van der Waals surface area contributed by atoms with Crippen LogP contribution < -0.4 is 0 Å². The van der Waals surface area contributed by atoms with Gasteiger partial charge in [0.05, 0.1) is 6.54 Å². The van der Waals surface area contributed by atoms with Crippen molar-refractivity contribution in [3.63, 3.8) is 0 Å². The maximum atomic E-state index is 14.1. The monoisotopic (exact) mass is 393 g/mol. The van der Waals surface area contributed by atoms with Crippen molar-refractivity contribution < 1.29 is 14.7 Å². The van der Waals surface area contributed by atoms with Crippen LogP contribution in [0.4, 0.5) is 0 Å². The lowest BCUT2D eigenvalue weighted by Crippen LogP contribution is -2.55. The standard InChI is InChI=1S/C23H27N3O3/c27-21(20-18-9-16-8-17(11-18)12-19(20)10-16)23(22(28)29,14-26-7-1-4-25-26)13-15-2-5-24-6-3-15/h1-7,16-20H,8-14H2,(H,28,29). The van der Waals surface area contributed by atoms with Gasteiger partial charge in [-0.1, -0.05) is 0 Å². The average Bonchev–Trinajstić information content (AvgIpc) is 3.20. The van der Waals surface area contributed by atoms with Crippen LogP contribution in [0.1, 0.15) is 37.7 Å². The second kappa shape index (κ2) is 7.08. The third-order valence-electron chi connectivity index (χ3n) is 7.66. The van der Waals surface area contributed by atoms with Crippen LogP contribution in [0.25, 0.3) is 0 Å². The zero-order chi connectivity index (χ0) is 20.0. The van der Waals surface area contributed by atoms with Gasteiger partial charge in [-0.2, -0.15) is 5.10 Å². The molecule has 0 spiro atoms. The summed E-state index contributed by atoms with van der Waals surface area (Å²) in [4.78, 5) is 30.9. The Kier molecular flexibility index (Phi) is 4.52. The van der Waals surface area contributed by atoms with Gasteiger partial charge in [0.25, 0.3) is 0 Å². The van der Waals surface area contributed by atoms with Crippen molar-refractivity contribution in [2.45, 2.75) is 45.1 Å². The van der Waals surface area contributed by atoms with E-state index in [2.05, 4.69) is 10.1 Å². The fourth-order valence-corrected chi connectivity index (χ4v) is 6.66. The summed E-state index contributed by atoms with van der Waals surface area (Å²) in [5.74, 6) is 0.949. The van der Waals surface area contributed by atoms with Gasteiger partial charge < -0.3 is 5.11 Å². The number of nitrogens with zero attached hydrogens (tertiary/aromatic N) is 3. The van der Waals surface area contributed by atoms with Crippen LogP contribution in [0.5, 0.6) is 0 Å². The molecule has 4 aliphatic carbocycles. The van der Waals surface area contributed by atoms with Crippen molar-refractivity contribution in [3.05, 3.63) is 48.5 Å². The summed E-state index contributed by atoms with van der Waals surface area (Å²) in [5, 5.41) is 14.7. The molecular formula is C23H27N3O3. The predicted octanol–water partition coefficient (Wildman–Crippen LogP) is 3.23. The maximum Gasteiger partial charge on any atom is 0.319 e. The van der Waals surface area contributed by atoms with E-state index in [1.807, 2.05) is 12.1 Å². The number of hydrogen-bond donors (Lipinski definition) is 1. The number of carbonyl (C=O) groups is 2. The van der Waals surface area contributed by atoms with Crippen molar-refractivity contribution >= 4 is 11.8 Å². The topological polar surface area (TPSA) is 85.1 Å². The highest BCUT2D eigenvalue weighted by atomic mass is 16.4. The number of carboxylic acids is 1. The fourth-order valence-electron chi connectivity index (χ4n) is 6.66. The number of carbonyl (C=O) groups excluding carboxylic acids is 1. The van der Waals surface area contributed by atoms with Crippen LogP contribution in [0.3, 0.4) is 0 Å². The van der Waals surface area contributed by atoms with Gasteiger partial charge in [-0.15, -0.1) is 0 Å². The molecule has 1 N–H and O–H groups in total. The molecule has 2 aromatic heterocycles. The SMILES string of the molecule is O=C(O)C(Cc1ccncc1)(Cn1cccn1)C(=O)C1C2CC3CC(C2)CC1C3. The largest absolute Gasteiger partial charge is 0.480 e. The molecule has 0 aromatic carbocycles. The van der Waals surface area contributed by atoms with Gasteiger partial charge in [0.2, 0.25) is 0 Å². The van der Waals surface area contributed by atoms with E-state index in [1.165, 1.54) is 6.42 Å². The van der Waals surface area contributed by atoms with Crippen molar-refractivity contribution in [3.8, 4) is 0 Å². The summed E-state index contributed by atoms with van der Waals surface area (Å²) < 4.78 is 1.60. The molecule has 0 radical (unpaired) electrons. The Morgan fingerprint density at radius 1 is 1.03 bits per heavy atom. The molecule has 6 nitrogen and oxygen atoms in total. The van der Waals surface area contributed by atoms with Crippen LogP contribution in [-0.2, 0) is 22.6 Å². The van der Waals surface area contributed by atoms with E-state index in [4.69, 9.17) is 0 Å². The molecule has 6 rings (SSSR count). The first-order chi connectivity index (χ1) is 14.0. The molecule has 1 atom stereocenters. The lowest BCUT2D eigenvalue weighted by atomic mass is 9.49. The lowest BCUT2D eigenvalue weighted by Gasteiger charge is -2.55. The highest BCUT2D eigenvalue weighted by molar-refractivity contribution is 6.04. The molecule has 152 valence electrons. The van der Waals surface area contributed by atoms with E-state index in [-0.39, 0.29) is 24.7 Å². The van der Waals surface area contributed by atoms with Crippen LogP contribution in [0.2, 0.25) is 0 Å². The normalized spacial score (nSPS) is 32.1. The Bertz CT molecular complexity index is 867. The maximum absolute atomic E-state index is 14.1. The van der Waals surface area contributed by atoms with E-state index in [1.54, 1.807) is 35.5 Å². The predicted molar refractivity (Wildman–Crippen MR) is 106 cm³/mol. The molecule has 4 aliphatic rings. The minimum atomic E-state index is -1.51. The number of carboxylic acid groups (broad SMARTS) is 1. The van der Waals surface area contributed by atoms with Crippen molar-refractivity contribution in [2.75, 3.05) is 0 Å². The van der Waals surface area contributed by atoms with Crippen LogP contribution >= 0.6 is 0 Å². The lowest BCUT2D eigenvalue weighted by molar-refractivity contribution is -0.163. The third kappa shape index (κ3) is 3.18. The zero-order valence-corrected chi connectivity index (χ0v) is 16.5. The summed E-state index contributed by atoms with van der Waals surface area (Å²) in [6.07, 6.45) is 12.5. The van der Waals surface area contributed by atoms with E-state index < -0.39 is 11.4 Å². The van der Waals surface area contributed by atoms with Gasteiger partial charge in [-0.25, -0.2) is 0 Å².